The molecular weight excluding hydrogens is 548 g/mol. The number of carbonyl (C=O) groups is 2. The lowest BCUT2D eigenvalue weighted by molar-refractivity contribution is -0.295. The van der Waals surface area contributed by atoms with Crippen molar-refractivity contribution in [2.24, 2.45) is 28.8 Å². The van der Waals surface area contributed by atoms with Crippen LogP contribution in [-0.4, -0.2) is 118 Å². The van der Waals surface area contributed by atoms with Crippen LogP contribution >= 0.6 is 0 Å². The van der Waals surface area contributed by atoms with Crippen LogP contribution in [0.1, 0.15) is 74.7 Å². The number of likely N-dealkylation sites (N-methyl/N-ethyl adjacent to an activating group) is 1. The summed E-state index contributed by atoms with van der Waals surface area (Å²) in [6.45, 7) is 13.1. The Morgan fingerprint density at radius 3 is 2.17 bits per heavy atom. The zero-order valence-electron chi connectivity index (χ0n) is 27.1. The molecule has 2 aliphatic heterocycles. The van der Waals surface area contributed by atoms with E-state index in [0.717, 1.165) is 0 Å². The van der Waals surface area contributed by atoms with Crippen molar-refractivity contribution in [1.82, 2.24) is 4.90 Å². The second kappa shape index (κ2) is 14.4. The summed E-state index contributed by atoms with van der Waals surface area (Å²) in [5, 5.41) is 47.4. The van der Waals surface area contributed by atoms with Crippen molar-refractivity contribution in [3.63, 3.8) is 0 Å². The molecule has 13 atom stereocenters. The lowest BCUT2D eigenvalue weighted by Gasteiger charge is -2.47. The van der Waals surface area contributed by atoms with Gasteiger partial charge < -0.3 is 44.4 Å². The summed E-state index contributed by atoms with van der Waals surface area (Å²) in [6.07, 6.45) is -5.12. The second-order valence-corrected chi connectivity index (χ2v) is 13.0. The predicted octanol–water partition coefficient (Wildman–Crippen LogP) is 1.98. The quantitative estimate of drug-likeness (QED) is 0.157. The summed E-state index contributed by atoms with van der Waals surface area (Å²) in [5.41, 5.74) is -2.96. The molecule has 0 aromatic rings. The first-order valence-corrected chi connectivity index (χ1v) is 14.9. The number of aliphatic hydroxyl groups is 3. The highest BCUT2D eigenvalue weighted by molar-refractivity contribution is 6.00. The Balaban J connectivity index is 2.66. The monoisotopic (exact) mass is 602 g/mol. The number of ketones is 1. The molecule has 0 spiro atoms. The Morgan fingerprint density at radius 2 is 1.67 bits per heavy atom. The van der Waals surface area contributed by atoms with Crippen molar-refractivity contribution in [3.8, 4) is 0 Å². The van der Waals surface area contributed by atoms with Crippen molar-refractivity contribution in [1.29, 1.82) is 0 Å². The third-order valence-corrected chi connectivity index (χ3v) is 9.46. The fourth-order valence-electron chi connectivity index (χ4n) is 6.63. The van der Waals surface area contributed by atoms with E-state index in [9.17, 15) is 30.1 Å². The molecule has 244 valence electrons. The van der Waals surface area contributed by atoms with Crippen LogP contribution in [0.25, 0.3) is 0 Å². The molecular formula is C30H54N2O10. The van der Waals surface area contributed by atoms with Gasteiger partial charge in [0.1, 0.15) is 23.7 Å². The molecule has 0 aromatic heterocycles. The number of cyclic esters (lactones) is 1. The van der Waals surface area contributed by atoms with Gasteiger partial charge in [0.05, 0.1) is 29.6 Å². The second-order valence-electron chi connectivity index (χ2n) is 13.0. The maximum atomic E-state index is 13.9. The van der Waals surface area contributed by atoms with Gasteiger partial charge in [-0.2, -0.15) is 0 Å². The van der Waals surface area contributed by atoms with Crippen molar-refractivity contribution in [2.45, 2.75) is 129 Å². The van der Waals surface area contributed by atoms with Gasteiger partial charge in [-0.3, -0.25) is 9.59 Å². The first-order chi connectivity index (χ1) is 19.4. The van der Waals surface area contributed by atoms with Crippen LogP contribution in [0.3, 0.4) is 0 Å². The average Bonchev–Trinajstić information content (AvgIpc) is 2.93. The number of nitrogens with zero attached hydrogens (tertiary/aromatic N) is 2. The van der Waals surface area contributed by atoms with Crippen LogP contribution in [0.5, 0.6) is 0 Å². The van der Waals surface area contributed by atoms with E-state index >= 15 is 0 Å². The molecule has 0 bridgehead atoms. The largest absolute Gasteiger partial charge is 0.459 e. The first-order valence-electron chi connectivity index (χ1n) is 14.9. The van der Waals surface area contributed by atoms with E-state index in [1.165, 1.54) is 21.0 Å². The summed E-state index contributed by atoms with van der Waals surface area (Å²) in [5.74, 6) is -4.88. The third-order valence-electron chi connectivity index (χ3n) is 9.46. The molecule has 1 unspecified atom stereocenters. The van der Waals surface area contributed by atoms with Gasteiger partial charge in [-0.15, -0.1) is 0 Å². The van der Waals surface area contributed by atoms with Crippen LogP contribution in [0, 0.1) is 23.7 Å². The number of ether oxygens (including phenoxy) is 4. The van der Waals surface area contributed by atoms with Crippen LogP contribution in [0.4, 0.5) is 0 Å². The number of hydrogen-bond donors (Lipinski definition) is 4. The predicted molar refractivity (Wildman–Crippen MR) is 155 cm³/mol. The van der Waals surface area contributed by atoms with Crippen LogP contribution in [-0.2, 0) is 28.5 Å². The van der Waals surface area contributed by atoms with Gasteiger partial charge in [0.15, 0.2) is 12.1 Å². The van der Waals surface area contributed by atoms with Crippen LogP contribution in [0.2, 0.25) is 0 Å². The minimum atomic E-state index is -1.91. The van der Waals surface area contributed by atoms with Crippen molar-refractivity contribution in [3.05, 3.63) is 0 Å². The average molecular weight is 603 g/mol. The zero-order valence-corrected chi connectivity index (χ0v) is 27.1. The molecule has 12 nitrogen and oxygen atoms in total. The highest BCUT2D eigenvalue weighted by Crippen LogP contribution is 2.38. The summed E-state index contributed by atoms with van der Waals surface area (Å²) in [6, 6.07) is -0.265. The Labute approximate surface area is 250 Å². The number of oxime groups is 1. The number of esters is 1. The Hall–Kier alpha value is -1.67. The highest BCUT2D eigenvalue weighted by atomic mass is 16.7. The normalized spacial score (nSPS) is 46.0. The molecule has 0 amide bonds. The lowest BCUT2D eigenvalue weighted by Crippen LogP contribution is -2.60. The Bertz CT molecular complexity index is 958. The van der Waals surface area contributed by atoms with E-state index in [1.807, 2.05) is 25.9 Å². The number of hydrogen-bond acceptors (Lipinski definition) is 12. The Morgan fingerprint density at radius 1 is 1.07 bits per heavy atom. The lowest BCUT2D eigenvalue weighted by atomic mass is 9.74. The molecule has 12 heteroatoms. The van der Waals surface area contributed by atoms with Crippen LogP contribution in [0.15, 0.2) is 5.16 Å². The number of Topliss-reactive ketones (excluding diaryl/α,β-unsaturated/α-hetero) is 1. The van der Waals surface area contributed by atoms with Crippen molar-refractivity contribution >= 4 is 17.5 Å². The zero-order chi connectivity index (χ0) is 32.3. The topological polar surface area (TPSA) is 168 Å². The number of aliphatic hydroxyl groups excluding tert-OH is 2. The minimum Gasteiger partial charge on any atom is -0.459 e. The number of methoxy groups -OCH3 is 1. The molecule has 42 heavy (non-hydrogen) atoms. The van der Waals surface area contributed by atoms with Gasteiger partial charge in [-0.1, -0.05) is 32.9 Å². The molecule has 2 fully saturated rings. The fourth-order valence-corrected chi connectivity index (χ4v) is 6.63. The first kappa shape index (κ1) is 36.5. The smallest absolute Gasteiger partial charge is 0.316 e. The summed E-state index contributed by atoms with van der Waals surface area (Å²) in [7, 11) is 5.18. The van der Waals surface area contributed by atoms with E-state index in [-0.39, 0.29) is 30.7 Å². The molecule has 0 aliphatic carbocycles. The van der Waals surface area contributed by atoms with E-state index in [1.54, 1.807) is 34.6 Å². The molecule has 0 saturated carbocycles. The van der Waals surface area contributed by atoms with Crippen LogP contribution < -0.4 is 0 Å². The van der Waals surface area contributed by atoms with Gasteiger partial charge in [-0.05, 0) is 61.1 Å². The highest BCUT2D eigenvalue weighted by Gasteiger charge is 2.51. The summed E-state index contributed by atoms with van der Waals surface area (Å²) >= 11 is 0. The van der Waals surface area contributed by atoms with E-state index in [0.29, 0.717) is 6.42 Å². The maximum Gasteiger partial charge on any atom is 0.316 e. The SMILES string of the molecule is CC[C@H]1OC(=O)[C@H](C)C(=O)[C@H](C)[C@@H](OC2O[C@H](C)C[C@H](N(C)C)[C@H]2O)[C@@](C)(OC)C[C@@H](C)/C(=N\O)[C@H](C)[C@@H](O)[C@]1(C)O. The van der Waals surface area contributed by atoms with Gasteiger partial charge in [-0.25, -0.2) is 0 Å². The molecule has 0 aromatic carbocycles. The third kappa shape index (κ3) is 7.51. The summed E-state index contributed by atoms with van der Waals surface area (Å²) < 4.78 is 24.2. The molecule has 2 rings (SSSR count). The molecule has 2 aliphatic rings. The van der Waals surface area contributed by atoms with Gasteiger partial charge in [0, 0.05) is 30.9 Å². The van der Waals surface area contributed by atoms with Gasteiger partial charge in [0.2, 0.25) is 0 Å². The fraction of sp³-hybridized carbons (Fsp3) is 0.900. The molecule has 2 saturated heterocycles. The molecule has 4 N–H and O–H groups in total. The van der Waals surface area contributed by atoms with E-state index < -0.39 is 77.3 Å². The van der Waals surface area contributed by atoms with Gasteiger partial charge in [0.25, 0.3) is 0 Å². The standard InChI is InChI=1S/C30H54N2O10/c1-12-21-30(8,37)25(35)17(4)22(31-38)15(2)14-29(7,39-11)26(18(5)23(33)19(6)27(36)41-21)42-28-24(34)20(32(9)10)13-16(3)40-28/h15-21,24-26,28,34-35,37-38H,12-14H2,1-11H3/b31-22+/t15-,16-,17+,18+,19-,20+,21-,24-,25-,26-,28?,29+,30-/m1/s1. The van der Waals surface area contributed by atoms with E-state index in [2.05, 4.69) is 5.16 Å². The molecule has 0 radical (unpaired) electrons. The summed E-state index contributed by atoms with van der Waals surface area (Å²) in [4.78, 5) is 29.0. The Kier molecular flexibility index (Phi) is 12.5. The van der Waals surface area contributed by atoms with E-state index in [4.69, 9.17) is 18.9 Å². The van der Waals surface area contributed by atoms with Crippen molar-refractivity contribution in [2.75, 3.05) is 21.2 Å². The maximum absolute atomic E-state index is 13.9. The minimum absolute atomic E-state index is 0.162. The van der Waals surface area contributed by atoms with Gasteiger partial charge >= 0.3 is 5.97 Å². The number of carbonyl (C=O) groups excluding carboxylic acids is 2. The molecule has 2 heterocycles. The number of rotatable bonds is 5. The van der Waals surface area contributed by atoms with Crippen molar-refractivity contribution < 1.29 is 49.1 Å².